The molecule has 6 aliphatic carbocycles. The number of nitrogens with zero attached hydrogens (tertiary/aromatic N) is 3. The second kappa shape index (κ2) is 10.5. The molecular weight excluding hydrogens is 775 g/mol. The Bertz CT molecular complexity index is 4330. The van der Waals surface area contributed by atoms with Crippen molar-refractivity contribution < 1.29 is 0 Å². The molecule has 2 heterocycles. The lowest BCUT2D eigenvalue weighted by atomic mass is 9.43. The third-order valence-electron chi connectivity index (χ3n) is 17.0. The average Bonchev–Trinajstić information content (AvgIpc) is 3.94. The maximum absolute atomic E-state index is 11.4. The van der Waals surface area contributed by atoms with Gasteiger partial charge in [0.15, 0.2) is 0 Å². The number of hydrogen-bond donors (Lipinski definition) is 0. The summed E-state index contributed by atoms with van der Waals surface area (Å²) in [5, 5.41) is 35.2. The topological polar surface area (TPSA) is 52.0 Å². The van der Waals surface area contributed by atoms with Gasteiger partial charge in [-0.15, -0.1) is 0 Å². The minimum absolute atomic E-state index is 0.0243. The Labute approximate surface area is 366 Å². The van der Waals surface area contributed by atoms with E-state index >= 15 is 0 Å². The number of aromatic nitrogens is 1. The summed E-state index contributed by atoms with van der Waals surface area (Å²) in [5.41, 5.74) is 20.3. The van der Waals surface area contributed by atoms with Crippen molar-refractivity contribution in [1.82, 2.24) is 4.40 Å². The minimum atomic E-state index is -0.207. The summed E-state index contributed by atoms with van der Waals surface area (Å²) in [7, 11) is 0. The maximum Gasteiger partial charge on any atom is 0.0995 e. The van der Waals surface area contributed by atoms with Crippen LogP contribution in [0.15, 0.2) is 164 Å². The van der Waals surface area contributed by atoms with Gasteiger partial charge in [0.2, 0.25) is 0 Å². The molecule has 6 aliphatic rings. The van der Waals surface area contributed by atoms with Crippen LogP contribution in [-0.4, -0.2) is 4.40 Å². The van der Waals surface area contributed by atoms with Gasteiger partial charge in [0.25, 0.3) is 0 Å². The fraction of sp³-hybridized carbons (Fsp3) is 0.0820. The molecule has 12 aromatic rings. The van der Waals surface area contributed by atoms with E-state index < -0.39 is 0 Å². The van der Waals surface area contributed by atoms with Crippen molar-refractivity contribution in [2.24, 2.45) is 0 Å². The lowest BCUT2D eigenvalue weighted by Gasteiger charge is -2.58. The number of rotatable bonds is 0. The van der Waals surface area contributed by atoms with Crippen LogP contribution in [0.25, 0.3) is 70.4 Å². The molecule has 0 radical (unpaired) electrons. The van der Waals surface area contributed by atoms with Crippen LogP contribution in [0.4, 0.5) is 0 Å². The summed E-state index contributed by atoms with van der Waals surface area (Å²) in [5.74, 6) is 0.153. The zero-order chi connectivity index (χ0) is 41.5. The van der Waals surface area contributed by atoms with E-state index in [-0.39, 0.29) is 29.1 Å². The van der Waals surface area contributed by atoms with Crippen LogP contribution in [0.1, 0.15) is 102 Å². The van der Waals surface area contributed by atoms with Crippen molar-refractivity contribution in [2.75, 3.05) is 0 Å². The van der Waals surface area contributed by atoms with Gasteiger partial charge in [-0.3, -0.25) is 0 Å². The van der Waals surface area contributed by atoms with Crippen LogP contribution in [0.5, 0.6) is 0 Å². The molecular formula is C61H31N3. The van der Waals surface area contributed by atoms with E-state index in [4.69, 9.17) is 0 Å². The predicted octanol–water partition coefficient (Wildman–Crippen LogP) is 13.9. The molecule has 64 heavy (non-hydrogen) atoms. The van der Waals surface area contributed by atoms with Gasteiger partial charge in [0.1, 0.15) is 0 Å². The molecule has 3 heteroatoms. The number of hydrogen-bond acceptors (Lipinski definition) is 2. The van der Waals surface area contributed by atoms with Crippen molar-refractivity contribution in [1.29, 1.82) is 10.5 Å². The second-order valence-corrected chi connectivity index (χ2v) is 19.0. The van der Waals surface area contributed by atoms with Crippen LogP contribution >= 0.6 is 0 Å². The summed E-state index contributed by atoms with van der Waals surface area (Å²) < 4.78 is 2.49. The quantitative estimate of drug-likeness (QED) is 0.143. The standard InChI is InChI=1S/C61H31N3/c62-28-30-25-46-53(55-48(30)50-36-17-5-7-19-38(36)51(55)39-20-8-6-18-37(39)50)43-27-42-34-15-2-1-13-32(34)33-14-3-4-16-35(33)52(42)57-54-47(64(46)60(43)57)26-31(29-63)49-56(54)59-41-22-10-12-24-45(41)61(59)44-23-11-9-21-40(44)58(49)61/h1-27,50-51,58-59H. The van der Waals surface area contributed by atoms with Crippen molar-refractivity contribution in [3.8, 4) is 12.1 Å². The van der Waals surface area contributed by atoms with Crippen molar-refractivity contribution in [3.05, 3.63) is 242 Å². The van der Waals surface area contributed by atoms with Crippen LogP contribution in [0, 0.1) is 22.7 Å². The van der Waals surface area contributed by atoms with Gasteiger partial charge in [0, 0.05) is 56.0 Å². The highest BCUT2D eigenvalue weighted by atomic mass is 14.9. The van der Waals surface area contributed by atoms with Crippen molar-refractivity contribution >= 4 is 70.4 Å². The molecule has 0 saturated heterocycles. The number of nitriles is 2. The molecule has 0 amide bonds. The molecule has 0 saturated carbocycles. The SMILES string of the molecule is N#Cc1cc2c(c3c1C1c4ccccc4C3c3ccccc31)c1cc3c4ccccc4c4ccccc4c3c3c4c5c(c(C#N)cc4n2c13)C1c2ccccc2C12c1ccccc1C52. The molecule has 3 nitrogen and oxygen atoms in total. The van der Waals surface area contributed by atoms with E-state index in [2.05, 4.69) is 180 Å². The van der Waals surface area contributed by atoms with Crippen LogP contribution in [0.3, 0.4) is 0 Å². The average molecular weight is 806 g/mol. The minimum Gasteiger partial charge on any atom is -0.308 e. The van der Waals surface area contributed by atoms with Crippen molar-refractivity contribution in [2.45, 2.75) is 29.1 Å². The predicted molar refractivity (Wildman–Crippen MR) is 255 cm³/mol. The van der Waals surface area contributed by atoms with Crippen LogP contribution < -0.4 is 0 Å². The first-order valence-electron chi connectivity index (χ1n) is 22.5. The van der Waals surface area contributed by atoms with Crippen LogP contribution in [-0.2, 0) is 5.41 Å². The zero-order valence-electron chi connectivity index (χ0n) is 34.2. The Morgan fingerprint density at radius 1 is 0.375 bits per heavy atom. The summed E-state index contributed by atoms with van der Waals surface area (Å²) in [4.78, 5) is 0. The van der Waals surface area contributed by atoms with Gasteiger partial charge in [0.05, 0.1) is 39.8 Å². The largest absolute Gasteiger partial charge is 0.308 e. The van der Waals surface area contributed by atoms with Crippen LogP contribution in [0.2, 0.25) is 0 Å². The molecule has 3 atom stereocenters. The lowest BCUT2D eigenvalue weighted by Crippen LogP contribution is -2.52. The molecule has 2 aromatic heterocycles. The molecule has 0 N–H and O–H groups in total. The van der Waals surface area contributed by atoms with E-state index in [1.165, 1.54) is 121 Å². The fourth-order valence-electron chi connectivity index (χ4n) is 15.1. The molecule has 290 valence electrons. The van der Waals surface area contributed by atoms with E-state index in [1.807, 2.05) is 0 Å². The third kappa shape index (κ3) is 3.16. The molecule has 0 fully saturated rings. The van der Waals surface area contributed by atoms with Gasteiger partial charge >= 0.3 is 0 Å². The molecule has 3 unspecified atom stereocenters. The first kappa shape index (κ1) is 32.5. The van der Waals surface area contributed by atoms with Gasteiger partial charge in [-0.1, -0.05) is 146 Å². The summed E-state index contributed by atoms with van der Waals surface area (Å²) >= 11 is 0. The fourth-order valence-corrected chi connectivity index (χ4v) is 15.1. The Kier molecular flexibility index (Phi) is 5.33. The summed E-state index contributed by atoms with van der Waals surface area (Å²) in [6.45, 7) is 0. The highest BCUT2D eigenvalue weighted by Gasteiger charge is 2.70. The lowest BCUT2D eigenvalue weighted by molar-refractivity contribution is 0.333. The molecule has 10 aromatic carbocycles. The smallest absolute Gasteiger partial charge is 0.0995 e. The van der Waals surface area contributed by atoms with Gasteiger partial charge in [-0.05, 0) is 112 Å². The number of fused-ring (bicyclic) bond motifs is 21. The first-order valence-corrected chi connectivity index (χ1v) is 22.5. The Balaban J connectivity index is 1.15. The zero-order valence-corrected chi connectivity index (χ0v) is 34.2. The van der Waals surface area contributed by atoms with E-state index in [9.17, 15) is 10.5 Å². The molecule has 1 spiro atoms. The van der Waals surface area contributed by atoms with Crippen molar-refractivity contribution in [3.63, 3.8) is 0 Å². The highest BCUT2D eigenvalue weighted by molar-refractivity contribution is 6.41. The summed E-state index contributed by atoms with van der Waals surface area (Å²) in [6.07, 6.45) is 0. The Morgan fingerprint density at radius 2 is 0.828 bits per heavy atom. The van der Waals surface area contributed by atoms with E-state index in [1.54, 1.807) is 0 Å². The van der Waals surface area contributed by atoms with E-state index in [0.717, 1.165) is 27.7 Å². The van der Waals surface area contributed by atoms with Gasteiger partial charge in [-0.25, -0.2) is 0 Å². The Hall–Kier alpha value is -8.24. The van der Waals surface area contributed by atoms with Gasteiger partial charge < -0.3 is 4.40 Å². The molecule has 18 rings (SSSR count). The second-order valence-electron chi connectivity index (χ2n) is 19.0. The molecule has 0 aliphatic heterocycles. The third-order valence-corrected chi connectivity index (χ3v) is 17.0. The van der Waals surface area contributed by atoms with E-state index in [0.29, 0.717) is 0 Å². The highest BCUT2D eigenvalue weighted by Crippen LogP contribution is 2.78. The normalized spacial score (nSPS) is 21.2. The molecule has 2 bridgehead atoms. The van der Waals surface area contributed by atoms with Gasteiger partial charge in [-0.2, -0.15) is 10.5 Å². The Morgan fingerprint density at radius 3 is 1.42 bits per heavy atom. The number of benzene rings is 10. The first-order chi connectivity index (χ1) is 31.7. The maximum atomic E-state index is 11.4. The summed E-state index contributed by atoms with van der Waals surface area (Å²) in [6, 6.07) is 66.4. The monoisotopic (exact) mass is 805 g/mol.